The Labute approximate surface area is 340 Å². The number of nitrogens with two attached hydrogens (primary N) is 2. The van der Waals surface area contributed by atoms with Gasteiger partial charge in [0.1, 0.15) is 29.5 Å². The number of benzene rings is 3. The Balaban J connectivity index is 1.03. The molecule has 0 saturated carbocycles. The minimum atomic E-state index is -0.747. The first kappa shape index (κ1) is 38.7. The number of fused-ring (bicyclic) bond motifs is 3. The molecular formula is C46H47F2N7O4. The zero-order valence-corrected chi connectivity index (χ0v) is 32.9. The lowest BCUT2D eigenvalue weighted by atomic mass is 9.94. The van der Waals surface area contributed by atoms with Crippen molar-refractivity contribution in [1.82, 2.24) is 24.8 Å². The van der Waals surface area contributed by atoms with Crippen LogP contribution in [0, 0.1) is 29.9 Å². The average Bonchev–Trinajstić information content (AvgIpc) is 3.88. The van der Waals surface area contributed by atoms with Crippen LogP contribution < -0.4 is 22.0 Å². The Hall–Kier alpha value is -5.84. The van der Waals surface area contributed by atoms with Crippen LogP contribution in [-0.2, 0) is 13.0 Å². The molecule has 59 heavy (non-hydrogen) atoms. The summed E-state index contributed by atoms with van der Waals surface area (Å²) in [7, 11) is 0. The number of pyridine rings is 1. The molecule has 6 heterocycles. The SMILES string of the molecule is C#Cc1c(F)ccc2cc(N)cc(-c3nc(CCCC4CCCCN(Cc5oc(=O)oc5-c5ccccc5)C4)c4c(N)nc(OCC56CCCN5CCC6)nc4c3F)c12. The smallest absolute Gasteiger partial charge is 0.461 e. The van der Waals surface area contributed by atoms with E-state index in [0.29, 0.717) is 71.0 Å². The van der Waals surface area contributed by atoms with Gasteiger partial charge < -0.3 is 25.0 Å². The summed E-state index contributed by atoms with van der Waals surface area (Å²) in [6.45, 7) is 4.55. The molecule has 6 aromatic rings. The van der Waals surface area contributed by atoms with Gasteiger partial charge in [-0.2, -0.15) is 9.97 Å². The van der Waals surface area contributed by atoms with Gasteiger partial charge in [-0.3, -0.25) is 9.80 Å². The van der Waals surface area contributed by atoms with Gasteiger partial charge in [0.25, 0.3) is 0 Å². The molecule has 11 nitrogen and oxygen atoms in total. The normalized spacial score (nSPS) is 18.3. The van der Waals surface area contributed by atoms with Gasteiger partial charge in [-0.1, -0.05) is 48.7 Å². The number of aryl methyl sites for hydroxylation is 1. The molecule has 1 atom stereocenters. The summed E-state index contributed by atoms with van der Waals surface area (Å²) in [5.41, 5.74) is 14.8. The standard InChI is InChI=1S/C46H47F2N7O4/c1-2-32-34(47)17-16-30-23-31(49)24-33(37(30)32)40-39(48)41-38(43(50)53-44(52-41)57-27-46-18-9-21-55(46)22-10-19-46)35(51-40)15-8-12-28-11-6-7-20-54(25-28)26-36-42(59-45(56)58-36)29-13-4-3-5-14-29/h1,3-5,13-14,16-17,23-24,28H,6-12,15,18-22,25-27,49H2,(H2,50,52,53). The van der Waals surface area contributed by atoms with E-state index in [-0.39, 0.29) is 39.7 Å². The largest absolute Gasteiger partial charge is 0.519 e. The van der Waals surface area contributed by atoms with Crippen LogP contribution in [0.3, 0.4) is 0 Å². The Kier molecular flexibility index (Phi) is 10.5. The number of anilines is 2. The van der Waals surface area contributed by atoms with Crippen LogP contribution in [0.4, 0.5) is 20.3 Å². The predicted molar refractivity (Wildman–Crippen MR) is 223 cm³/mol. The van der Waals surface area contributed by atoms with Crippen molar-refractivity contribution in [3.8, 4) is 40.9 Å². The number of aromatic nitrogens is 3. The van der Waals surface area contributed by atoms with Crippen molar-refractivity contribution in [1.29, 1.82) is 0 Å². The van der Waals surface area contributed by atoms with Crippen LogP contribution in [0.1, 0.15) is 74.8 Å². The molecule has 3 saturated heterocycles. The molecule has 4 N–H and O–H groups in total. The van der Waals surface area contributed by atoms with E-state index in [1.54, 1.807) is 18.2 Å². The number of ether oxygens (including phenoxy) is 1. The minimum Gasteiger partial charge on any atom is -0.461 e. The molecule has 304 valence electrons. The molecule has 3 aliphatic heterocycles. The molecule has 3 aliphatic rings. The Morgan fingerprint density at radius 3 is 2.56 bits per heavy atom. The van der Waals surface area contributed by atoms with Crippen molar-refractivity contribution >= 4 is 33.2 Å². The molecule has 13 heteroatoms. The first-order valence-electron chi connectivity index (χ1n) is 20.6. The summed E-state index contributed by atoms with van der Waals surface area (Å²) in [6, 6.07) is 15.6. The molecule has 3 aromatic heterocycles. The van der Waals surface area contributed by atoms with Crippen LogP contribution in [0.5, 0.6) is 6.01 Å². The third-order valence-electron chi connectivity index (χ3n) is 12.6. The molecule has 0 radical (unpaired) electrons. The third kappa shape index (κ3) is 7.51. The van der Waals surface area contributed by atoms with E-state index in [0.717, 1.165) is 83.1 Å². The zero-order valence-electron chi connectivity index (χ0n) is 32.9. The lowest BCUT2D eigenvalue weighted by Crippen LogP contribution is -2.43. The first-order valence-corrected chi connectivity index (χ1v) is 20.6. The van der Waals surface area contributed by atoms with Crippen LogP contribution in [0.25, 0.3) is 44.3 Å². The number of hydrogen-bond acceptors (Lipinski definition) is 11. The van der Waals surface area contributed by atoms with Gasteiger partial charge in [0, 0.05) is 28.7 Å². The minimum absolute atomic E-state index is 0.000317. The van der Waals surface area contributed by atoms with Crippen LogP contribution in [0.15, 0.2) is 68.2 Å². The van der Waals surface area contributed by atoms with Gasteiger partial charge in [0.05, 0.1) is 28.7 Å². The summed E-state index contributed by atoms with van der Waals surface area (Å²) in [5, 5.41) is 1.22. The highest BCUT2D eigenvalue weighted by Gasteiger charge is 2.45. The third-order valence-corrected chi connectivity index (χ3v) is 12.6. The molecule has 3 aromatic carbocycles. The molecule has 0 aliphatic carbocycles. The second-order valence-corrected chi connectivity index (χ2v) is 16.3. The quantitative estimate of drug-likeness (QED) is 0.0967. The van der Waals surface area contributed by atoms with Crippen molar-refractivity contribution in [2.45, 2.75) is 76.3 Å². The van der Waals surface area contributed by atoms with E-state index in [4.69, 9.17) is 36.4 Å². The molecule has 3 fully saturated rings. The number of hydrogen-bond donors (Lipinski definition) is 2. The lowest BCUT2D eigenvalue weighted by molar-refractivity contribution is 0.108. The number of halogens is 2. The van der Waals surface area contributed by atoms with Gasteiger partial charge in [-0.25, -0.2) is 18.6 Å². The average molecular weight is 800 g/mol. The highest BCUT2D eigenvalue weighted by molar-refractivity contribution is 6.04. The van der Waals surface area contributed by atoms with Crippen LogP contribution in [-0.4, -0.2) is 63.1 Å². The molecule has 0 amide bonds. The summed E-state index contributed by atoms with van der Waals surface area (Å²) >= 11 is 0. The number of nitrogens with zero attached hydrogens (tertiary/aromatic N) is 5. The fraction of sp³-hybridized carbons (Fsp3) is 0.391. The Bertz CT molecular complexity index is 2630. The molecule has 0 spiro atoms. The van der Waals surface area contributed by atoms with E-state index in [1.165, 1.54) is 6.07 Å². The Morgan fingerprint density at radius 2 is 1.76 bits per heavy atom. The fourth-order valence-electron chi connectivity index (χ4n) is 9.81. The second-order valence-electron chi connectivity index (χ2n) is 16.3. The van der Waals surface area contributed by atoms with E-state index in [1.807, 2.05) is 30.3 Å². The fourth-order valence-corrected chi connectivity index (χ4v) is 9.81. The first-order chi connectivity index (χ1) is 28.7. The van der Waals surface area contributed by atoms with Crippen molar-refractivity contribution in [2.24, 2.45) is 5.92 Å². The summed E-state index contributed by atoms with van der Waals surface area (Å²) in [5.74, 6) is 1.77. The number of nitrogen functional groups attached to an aromatic ring is 2. The van der Waals surface area contributed by atoms with E-state index in [9.17, 15) is 4.79 Å². The molecule has 9 rings (SSSR count). The van der Waals surface area contributed by atoms with Gasteiger partial charge in [0.2, 0.25) is 0 Å². The number of rotatable bonds is 11. The van der Waals surface area contributed by atoms with Gasteiger partial charge >= 0.3 is 11.8 Å². The molecule has 0 bridgehead atoms. The van der Waals surface area contributed by atoms with E-state index >= 15 is 8.78 Å². The van der Waals surface area contributed by atoms with Gasteiger partial charge in [-0.15, -0.1) is 6.42 Å². The Morgan fingerprint density at radius 1 is 0.949 bits per heavy atom. The van der Waals surface area contributed by atoms with Gasteiger partial charge in [0.15, 0.2) is 17.3 Å². The summed E-state index contributed by atoms with van der Waals surface area (Å²) in [4.78, 5) is 31.2. The van der Waals surface area contributed by atoms with Crippen molar-refractivity contribution in [3.63, 3.8) is 0 Å². The van der Waals surface area contributed by atoms with Crippen LogP contribution in [0.2, 0.25) is 0 Å². The topological polar surface area (TPSA) is 150 Å². The van der Waals surface area contributed by atoms with Crippen molar-refractivity contribution in [2.75, 3.05) is 44.3 Å². The monoisotopic (exact) mass is 799 g/mol. The molecular weight excluding hydrogens is 753 g/mol. The van der Waals surface area contributed by atoms with Crippen molar-refractivity contribution in [3.05, 3.63) is 93.9 Å². The maximum Gasteiger partial charge on any atom is 0.519 e. The lowest BCUT2D eigenvalue weighted by Gasteiger charge is -2.31. The number of terminal acetylenes is 1. The zero-order chi connectivity index (χ0) is 40.7. The number of likely N-dealkylation sites (tertiary alicyclic amines) is 1. The highest BCUT2D eigenvalue weighted by Crippen LogP contribution is 2.41. The predicted octanol–water partition coefficient (Wildman–Crippen LogP) is 8.11. The second kappa shape index (κ2) is 16.1. The summed E-state index contributed by atoms with van der Waals surface area (Å²) in [6.07, 6.45) is 15.2. The maximum atomic E-state index is 17.2. The van der Waals surface area contributed by atoms with Crippen LogP contribution >= 0.6 is 0 Å². The van der Waals surface area contributed by atoms with E-state index in [2.05, 4.69) is 25.7 Å². The van der Waals surface area contributed by atoms with Crippen molar-refractivity contribution < 1.29 is 22.4 Å². The maximum absolute atomic E-state index is 17.2. The van der Waals surface area contributed by atoms with Gasteiger partial charge in [-0.05, 0) is 107 Å². The van der Waals surface area contributed by atoms with E-state index < -0.39 is 17.5 Å². The summed E-state index contributed by atoms with van der Waals surface area (Å²) < 4.78 is 49.6. The highest BCUT2D eigenvalue weighted by atomic mass is 19.1. The molecule has 1 unspecified atom stereocenters.